The maximum atomic E-state index is 4.45. The van der Waals surface area contributed by atoms with Crippen LogP contribution in [0.4, 0.5) is 0 Å². The maximum Gasteiger partial charge on any atom is 0.0416 e. The van der Waals surface area contributed by atoms with Crippen LogP contribution in [0.1, 0.15) is 22.5 Å². The molecule has 0 radical (unpaired) electrons. The Morgan fingerprint density at radius 1 is 0.769 bits per heavy atom. The van der Waals surface area contributed by atoms with Crippen molar-refractivity contribution in [3.8, 4) is 0 Å². The molecule has 0 aliphatic carbocycles. The average molecular weight is 343 g/mol. The summed E-state index contributed by atoms with van der Waals surface area (Å²) in [6, 6.07) is 20.8. The highest BCUT2D eigenvalue weighted by atomic mass is 15.1. The van der Waals surface area contributed by atoms with E-state index in [1.165, 1.54) is 5.56 Å². The van der Waals surface area contributed by atoms with Gasteiger partial charge in [0.05, 0.1) is 0 Å². The number of hydrogen-bond acceptors (Lipinski definition) is 3. The van der Waals surface area contributed by atoms with E-state index in [4.69, 9.17) is 0 Å². The second-order valence-electron chi connectivity index (χ2n) is 6.36. The Hall–Kier alpha value is -2.78. The van der Waals surface area contributed by atoms with Gasteiger partial charge in [-0.2, -0.15) is 0 Å². The Morgan fingerprint density at radius 3 is 1.81 bits per heavy atom. The lowest BCUT2D eigenvalue weighted by Gasteiger charge is -2.22. The third kappa shape index (κ3) is 5.64. The smallest absolute Gasteiger partial charge is 0.0416 e. The minimum atomic E-state index is 0.928. The minimum Gasteiger partial charge on any atom is -0.298 e. The summed E-state index contributed by atoms with van der Waals surface area (Å²) in [6.07, 6.45) is 7.51. The fourth-order valence-corrected chi connectivity index (χ4v) is 2.92. The summed E-state index contributed by atoms with van der Waals surface area (Å²) in [5.74, 6) is 0. The highest BCUT2D eigenvalue weighted by molar-refractivity contribution is 5.47. The first-order chi connectivity index (χ1) is 12.8. The van der Waals surface area contributed by atoms with Crippen LogP contribution in [-0.4, -0.2) is 28.0 Å². The maximum absolute atomic E-state index is 4.45. The first kappa shape index (κ1) is 18.0. The molecule has 0 unspecified atom stereocenters. The van der Waals surface area contributed by atoms with Crippen LogP contribution in [0, 0.1) is 0 Å². The van der Waals surface area contributed by atoms with E-state index in [1.54, 1.807) is 0 Å². The third-order valence-corrected chi connectivity index (χ3v) is 4.44. The first-order valence-corrected chi connectivity index (χ1v) is 9.07. The average Bonchev–Trinajstić information content (AvgIpc) is 2.72. The number of nitrogens with zero attached hydrogens (tertiary/aromatic N) is 3. The predicted octanol–water partition coefficient (Wildman–Crippen LogP) is 4.41. The van der Waals surface area contributed by atoms with Crippen molar-refractivity contribution in [2.75, 3.05) is 13.1 Å². The number of rotatable bonds is 9. The fourth-order valence-electron chi connectivity index (χ4n) is 2.92. The molecule has 1 aromatic carbocycles. The van der Waals surface area contributed by atoms with Gasteiger partial charge in [-0.1, -0.05) is 49.1 Å². The van der Waals surface area contributed by atoms with Gasteiger partial charge in [-0.3, -0.25) is 14.9 Å². The van der Waals surface area contributed by atoms with Gasteiger partial charge in [0.2, 0.25) is 0 Å². The molecule has 0 atom stereocenters. The van der Waals surface area contributed by atoms with Crippen molar-refractivity contribution in [3.05, 3.63) is 102 Å². The van der Waals surface area contributed by atoms with Crippen LogP contribution >= 0.6 is 0 Å². The molecule has 3 nitrogen and oxygen atoms in total. The van der Waals surface area contributed by atoms with Crippen molar-refractivity contribution in [2.45, 2.75) is 19.4 Å². The fraction of sp³-hybridized carbons (Fsp3) is 0.217. The van der Waals surface area contributed by atoms with E-state index in [0.717, 1.165) is 49.4 Å². The second kappa shape index (κ2) is 9.64. The lowest BCUT2D eigenvalue weighted by atomic mass is 10.1. The van der Waals surface area contributed by atoms with Gasteiger partial charge >= 0.3 is 0 Å². The van der Waals surface area contributed by atoms with Gasteiger partial charge < -0.3 is 0 Å². The van der Waals surface area contributed by atoms with Gasteiger partial charge in [0.15, 0.2) is 0 Å². The van der Waals surface area contributed by atoms with Crippen molar-refractivity contribution < 1.29 is 0 Å². The molecule has 2 heterocycles. The molecule has 132 valence electrons. The minimum absolute atomic E-state index is 0.928. The van der Waals surface area contributed by atoms with Crippen LogP contribution in [0.15, 0.2) is 79.6 Å². The summed E-state index contributed by atoms with van der Waals surface area (Å²) in [5, 5.41) is 0. The van der Waals surface area contributed by atoms with Crippen molar-refractivity contribution in [2.24, 2.45) is 0 Å². The van der Waals surface area contributed by atoms with E-state index in [0.29, 0.717) is 0 Å². The molecule has 0 aliphatic rings. The Morgan fingerprint density at radius 2 is 1.35 bits per heavy atom. The van der Waals surface area contributed by atoms with Crippen molar-refractivity contribution in [1.29, 1.82) is 0 Å². The summed E-state index contributed by atoms with van der Waals surface area (Å²) in [7, 11) is 0. The molecule has 0 amide bonds. The Labute approximate surface area is 156 Å². The van der Waals surface area contributed by atoms with Crippen molar-refractivity contribution in [1.82, 2.24) is 14.9 Å². The monoisotopic (exact) mass is 343 g/mol. The van der Waals surface area contributed by atoms with E-state index in [-0.39, 0.29) is 0 Å². The Bertz CT molecular complexity index is 739. The molecule has 3 rings (SSSR count). The zero-order valence-corrected chi connectivity index (χ0v) is 15.1. The quantitative estimate of drug-likeness (QED) is 0.576. The van der Waals surface area contributed by atoms with E-state index < -0.39 is 0 Å². The molecule has 0 N–H and O–H groups in total. The zero-order chi connectivity index (χ0) is 18.0. The normalized spacial score (nSPS) is 10.8. The van der Waals surface area contributed by atoms with Crippen LogP contribution in [0.2, 0.25) is 0 Å². The number of benzene rings is 1. The summed E-state index contributed by atoms with van der Waals surface area (Å²) in [6.45, 7) is 6.71. The van der Waals surface area contributed by atoms with Crippen LogP contribution in [-0.2, 0) is 19.4 Å². The molecule has 0 spiro atoms. The molecule has 3 aromatic rings. The third-order valence-electron chi connectivity index (χ3n) is 4.44. The van der Waals surface area contributed by atoms with Crippen LogP contribution < -0.4 is 0 Å². The van der Waals surface area contributed by atoms with E-state index in [9.17, 15) is 0 Å². The van der Waals surface area contributed by atoms with Crippen LogP contribution in [0.3, 0.4) is 0 Å². The van der Waals surface area contributed by atoms with Gasteiger partial charge in [-0.15, -0.1) is 0 Å². The van der Waals surface area contributed by atoms with E-state index in [1.807, 2.05) is 30.6 Å². The van der Waals surface area contributed by atoms with Crippen LogP contribution in [0.5, 0.6) is 0 Å². The summed E-state index contributed by atoms with van der Waals surface area (Å²) in [4.78, 5) is 11.4. The van der Waals surface area contributed by atoms with E-state index in [2.05, 4.69) is 70.0 Å². The molecule has 0 bridgehead atoms. The largest absolute Gasteiger partial charge is 0.298 e. The molecular weight excluding hydrogens is 318 g/mol. The zero-order valence-electron chi connectivity index (χ0n) is 15.1. The van der Waals surface area contributed by atoms with Crippen molar-refractivity contribution >= 4 is 6.08 Å². The summed E-state index contributed by atoms with van der Waals surface area (Å²) >= 11 is 0. The van der Waals surface area contributed by atoms with Gasteiger partial charge in [-0.25, -0.2) is 0 Å². The second-order valence-corrected chi connectivity index (χ2v) is 6.36. The van der Waals surface area contributed by atoms with Crippen molar-refractivity contribution in [3.63, 3.8) is 0 Å². The molecule has 0 aliphatic heterocycles. The Kier molecular flexibility index (Phi) is 6.68. The Balaban J connectivity index is 1.64. The number of aromatic nitrogens is 2. The molecule has 3 heteroatoms. The highest BCUT2D eigenvalue weighted by Crippen LogP contribution is 2.10. The number of pyridine rings is 2. The molecule has 0 saturated carbocycles. The van der Waals surface area contributed by atoms with Gasteiger partial charge in [-0.05, 0) is 35.4 Å². The molecule has 0 fully saturated rings. The number of hydrogen-bond donors (Lipinski definition) is 0. The van der Waals surface area contributed by atoms with Gasteiger partial charge in [0, 0.05) is 56.3 Å². The van der Waals surface area contributed by atoms with Gasteiger partial charge in [0.1, 0.15) is 0 Å². The molecule has 0 saturated heterocycles. The topological polar surface area (TPSA) is 29.0 Å². The summed E-state index contributed by atoms with van der Waals surface area (Å²) in [5.41, 5.74) is 4.74. The molecular formula is C23H25N3. The highest BCUT2D eigenvalue weighted by Gasteiger charge is 2.08. The lowest BCUT2D eigenvalue weighted by Crippen LogP contribution is -2.28. The molecule has 2 aromatic heterocycles. The predicted molar refractivity (Wildman–Crippen MR) is 108 cm³/mol. The standard InChI is InChI=1S/C23H25N3/c1-2-20-9-11-21(12-10-20)19-26(17-13-22-7-3-5-15-24-22)18-14-23-8-4-6-16-25-23/h2-12,15-16H,1,13-14,17-19H2. The SMILES string of the molecule is C=Cc1ccc(CN(CCc2ccccn2)CCc2ccccn2)cc1. The summed E-state index contributed by atoms with van der Waals surface area (Å²) < 4.78 is 0. The van der Waals surface area contributed by atoms with E-state index >= 15 is 0 Å². The first-order valence-electron chi connectivity index (χ1n) is 9.07. The lowest BCUT2D eigenvalue weighted by molar-refractivity contribution is 0.270. The van der Waals surface area contributed by atoms with Gasteiger partial charge in [0.25, 0.3) is 0 Å². The molecule has 26 heavy (non-hydrogen) atoms. The van der Waals surface area contributed by atoms with Crippen LogP contribution in [0.25, 0.3) is 6.08 Å².